The van der Waals surface area contributed by atoms with Crippen molar-refractivity contribution in [2.24, 2.45) is 0 Å². The summed E-state index contributed by atoms with van der Waals surface area (Å²) in [7, 11) is -3.36. The number of hydrogen-bond acceptors (Lipinski definition) is 5. The van der Waals surface area contributed by atoms with Crippen LogP contribution in [0.3, 0.4) is 0 Å². The lowest BCUT2D eigenvalue weighted by molar-refractivity contribution is -0.144. The lowest BCUT2D eigenvalue weighted by atomic mass is 10.2. The molecule has 0 aromatic heterocycles. The predicted octanol–water partition coefficient (Wildman–Crippen LogP) is 2.16. The normalized spacial score (nSPS) is 16.0. The first-order valence-electron chi connectivity index (χ1n) is 7.59. The van der Waals surface area contributed by atoms with Gasteiger partial charge in [0.25, 0.3) is 0 Å². The fourth-order valence-corrected chi connectivity index (χ4v) is 4.21. The molecule has 9 heteroatoms. The minimum absolute atomic E-state index is 0.0133. The SMILES string of the molecule is CCOC(=O)CCC(=O)Nc1ccc(Cl)c(N2CCCS2(=O)=O)c1. The van der Waals surface area contributed by atoms with E-state index < -0.39 is 16.0 Å². The first-order valence-corrected chi connectivity index (χ1v) is 9.57. The largest absolute Gasteiger partial charge is 0.466 e. The van der Waals surface area contributed by atoms with E-state index in [1.165, 1.54) is 16.4 Å². The number of esters is 1. The van der Waals surface area contributed by atoms with Crippen molar-refractivity contribution >= 4 is 44.9 Å². The summed E-state index contributed by atoms with van der Waals surface area (Å²) in [6.07, 6.45) is 0.508. The van der Waals surface area contributed by atoms with E-state index in [1.54, 1.807) is 13.0 Å². The third-order valence-corrected chi connectivity index (χ3v) is 5.63. The molecule has 0 saturated carbocycles. The fraction of sp³-hybridized carbons (Fsp3) is 0.467. The smallest absolute Gasteiger partial charge is 0.306 e. The zero-order chi connectivity index (χ0) is 17.7. The second-order valence-corrected chi connectivity index (χ2v) is 7.68. The number of sulfonamides is 1. The Balaban J connectivity index is 2.06. The van der Waals surface area contributed by atoms with Gasteiger partial charge < -0.3 is 10.1 Å². The number of carbonyl (C=O) groups excluding carboxylic acids is 2. The van der Waals surface area contributed by atoms with Crippen molar-refractivity contribution < 1.29 is 22.7 Å². The van der Waals surface area contributed by atoms with Crippen LogP contribution in [-0.2, 0) is 24.3 Å². The lowest BCUT2D eigenvalue weighted by Crippen LogP contribution is -2.25. The van der Waals surface area contributed by atoms with Crippen LogP contribution in [0.5, 0.6) is 0 Å². The van der Waals surface area contributed by atoms with Crippen molar-refractivity contribution in [3.8, 4) is 0 Å². The number of ether oxygens (including phenoxy) is 1. The monoisotopic (exact) mass is 374 g/mol. The molecule has 1 amide bonds. The van der Waals surface area contributed by atoms with E-state index in [0.717, 1.165) is 0 Å². The van der Waals surface area contributed by atoms with Gasteiger partial charge in [-0.3, -0.25) is 13.9 Å². The van der Waals surface area contributed by atoms with Gasteiger partial charge in [-0.05, 0) is 31.5 Å². The summed E-state index contributed by atoms with van der Waals surface area (Å²) in [6.45, 7) is 2.33. The van der Waals surface area contributed by atoms with Crippen molar-refractivity contribution in [2.45, 2.75) is 26.2 Å². The van der Waals surface area contributed by atoms with Crippen molar-refractivity contribution in [3.05, 3.63) is 23.2 Å². The highest BCUT2D eigenvalue weighted by Crippen LogP contribution is 2.33. The van der Waals surface area contributed by atoms with E-state index >= 15 is 0 Å². The topological polar surface area (TPSA) is 92.8 Å². The quantitative estimate of drug-likeness (QED) is 0.770. The average molecular weight is 375 g/mol. The molecule has 0 aliphatic carbocycles. The highest BCUT2D eigenvalue weighted by molar-refractivity contribution is 7.93. The second kappa shape index (κ2) is 7.85. The molecule has 7 nitrogen and oxygen atoms in total. The number of rotatable bonds is 6. The van der Waals surface area contributed by atoms with Crippen molar-refractivity contribution in [1.82, 2.24) is 0 Å². The van der Waals surface area contributed by atoms with Crippen molar-refractivity contribution in [2.75, 3.05) is 28.5 Å². The number of amides is 1. The van der Waals surface area contributed by atoms with E-state index in [0.29, 0.717) is 29.4 Å². The molecule has 0 radical (unpaired) electrons. The molecule has 1 fully saturated rings. The summed E-state index contributed by atoms with van der Waals surface area (Å²) in [6, 6.07) is 4.63. The molecule has 0 spiro atoms. The first-order chi connectivity index (χ1) is 11.3. The Hall–Kier alpha value is -1.80. The molecule has 1 aromatic rings. The Labute approximate surface area is 146 Å². The molecule has 1 saturated heterocycles. The number of halogens is 1. The summed E-state index contributed by atoms with van der Waals surface area (Å²) in [5.41, 5.74) is 0.766. The molecular weight excluding hydrogens is 356 g/mol. The molecule has 1 aliphatic heterocycles. The number of carbonyl (C=O) groups is 2. The second-order valence-electron chi connectivity index (χ2n) is 5.26. The van der Waals surface area contributed by atoms with Gasteiger partial charge in [0.05, 0.1) is 29.5 Å². The van der Waals surface area contributed by atoms with Gasteiger partial charge in [-0.2, -0.15) is 0 Å². The average Bonchev–Trinajstić information content (AvgIpc) is 2.87. The Bertz CT molecular complexity index is 735. The Morgan fingerprint density at radius 2 is 2.08 bits per heavy atom. The maximum Gasteiger partial charge on any atom is 0.306 e. The van der Waals surface area contributed by atoms with Crippen LogP contribution in [0.25, 0.3) is 0 Å². The van der Waals surface area contributed by atoms with E-state index in [2.05, 4.69) is 5.32 Å². The molecule has 24 heavy (non-hydrogen) atoms. The molecule has 2 rings (SSSR count). The zero-order valence-electron chi connectivity index (χ0n) is 13.2. The predicted molar refractivity (Wildman–Crippen MR) is 91.7 cm³/mol. The maximum absolute atomic E-state index is 12.0. The van der Waals surface area contributed by atoms with E-state index in [4.69, 9.17) is 16.3 Å². The molecule has 1 N–H and O–H groups in total. The summed E-state index contributed by atoms with van der Waals surface area (Å²) in [5.74, 6) is -0.715. The van der Waals surface area contributed by atoms with Gasteiger partial charge in [-0.25, -0.2) is 8.42 Å². The third kappa shape index (κ3) is 4.61. The number of anilines is 2. The van der Waals surface area contributed by atoms with Gasteiger partial charge >= 0.3 is 5.97 Å². The molecule has 1 aromatic carbocycles. The van der Waals surface area contributed by atoms with Crippen LogP contribution in [0, 0.1) is 0 Å². The van der Waals surface area contributed by atoms with Gasteiger partial charge in [0, 0.05) is 18.7 Å². The summed E-state index contributed by atoms with van der Waals surface area (Å²) in [5, 5.41) is 2.93. The number of hydrogen-bond donors (Lipinski definition) is 1. The van der Waals surface area contributed by atoms with Crippen molar-refractivity contribution in [1.29, 1.82) is 0 Å². The zero-order valence-corrected chi connectivity index (χ0v) is 14.8. The molecule has 132 valence electrons. The molecule has 0 unspecified atom stereocenters. The minimum Gasteiger partial charge on any atom is -0.466 e. The van der Waals surface area contributed by atoms with Crippen LogP contribution in [0.15, 0.2) is 18.2 Å². The molecule has 1 heterocycles. The van der Waals surface area contributed by atoms with Gasteiger partial charge in [0.1, 0.15) is 0 Å². The highest BCUT2D eigenvalue weighted by Gasteiger charge is 2.30. The minimum atomic E-state index is -3.36. The van der Waals surface area contributed by atoms with Crippen LogP contribution in [0.1, 0.15) is 26.2 Å². The van der Waals surface area contributed by atoms with E-state index in [-0.39, 0.29) is 31.1 Å². The van der Waals surface area contributed by atoms with Crippen molar-refractivity contribution in [3.63, 3.8) is 0 Å². The maximum atomic E-state index is 12.0. The number of benzene rings is 1. The first kappa shape index (κ1) is 18.5. The summed E-state index contributed by atoms with van der Waals surface area (Å²) < 4.78 is 30.0. The van der Waals surface area contributed by atoms with Gasteiger partial charge in [-0.1, -0.05) is 11.6 Å². The molecular formula is C15H19ClN2O5S. The Morgan fingerprint density at radius 1 is 1.33 bits per heavy atom. The molecule has 0 bridgehead atoms. The van der Waals surface area contributed by atoms with Crippen LogP contribution in [-0.4, -0.2) is 39.2 Å². The Morgan fingerprint density at radius 3 is 2.71 bits per heavy atom. The molecule has 0 atom stereocenters. The fourth-order valence-electron chi connectivity index (χ4n) is 2.36. The summed E-state index contributed by atoms with van der Waals surface area (Å²) in [4.78, 5) is 23.1. The standard InChI is InChI=1S/C15H19ClN2O5S/c1-2-23-15(20)7-6-14(19)17-11-4-5-12(16)13(10-11)18-8-3-9-24(18,21)22/h4-5,10H,2-3,6-9H2,1H3,(H,17,19). The number of nitrogens with zero attached hydrogens (tertiary/aromatic N) is 1. The van der Waals surface area contributed by atoms with E-state index in [1.807, 2.05) is 0 Å². The molecule has 1 aliphatic rings. The summed E-state index contributed by atoms with van der Waals surface area (Å²) >= 11 is 6.10. The van der Waals surface area contributed by atoms with Gasteiger partial charge in [0.2, 0.25) is 15.9 Å². The lowest BCUT2D eigenvalue weighted by Gasteiger charge is -2.19. The van der Waals surface area contributed by atoms with Crippen LogP contribution in [0.4, 0.5) is 11.4 Å². The highest BCUT2D eigenvalue weighted by atomic mass is 35.5. The Kier molecular flexibility index (Phi) is 6.06. The van der Waals surface area contributed by atoms with Crippen LogP contribution in [0.2, 0.25) is 5.02 Å². The number of nitrogens with one attached hydrogen (secondary N) is 1. The van der Waals surface area contributed by atoms with Gasteiger partial charge in [-0.15, -0.1) is 0 Å². The van der Waals surface area contributed by atoms with Crippen LogP contribution < -0.4 is 9.62 Å². The van der Waals surface area contributed by atoms with Gasteiger partial charge in [0.15, 0.2) is 0 Å². The van der Waals surface area contributed by atoms with E-state index in [9.17, 15) is 18.0 Å². The third-order valence-electron chi connectivity index (χ3n) is 3.46. The van der Waals surface area contributed by atoms with Crippen LogP contribution >= 0.6 is 11.6 Å².